The molecule has 1 aliphatic heterocycles. The van der Waals surface area contributed by atoms with Crippen LogP contribution in [-0.2, 0) is 19.1 Å². The third-order valence-electron chi connectivity index (χ3n) is 6.72. The number of esters is 2. The predicted octanol–water partition coefficient (Wildman–Crippen LogP) is 6.53. The Kier molecular flexibility index (Phi) is 16.6. The maximum Gasteiger partial charge on any atom is 0.309 e. The highest BCUT2D eigenvalue weighted by Gasteiger charge is 2.26. The molecule has 188 valence electrons. The van der Waals surface area contributed by atoms with Crippen molar-refractivity contribution in [3.05, 3.63) is 0 Å². The van der Waals surface area contributed by atoms with Gasteiger partial charge >= 0.3 is 11.9 Å². The molecule has 1 rings (SSSR count). The van der Waals surface area contributed by atoms with Gasteiger partial charge in [-0.1, -0.05) is 90.9 Å². The third-order valence-corrected chi connectivity index (χ3v) is 6.72. The lowest BCUT2D eigenvalue weighted by molar-refractivity contribution is -0.164. The average Bonchev–Trinajstić information content (AvgIpc) is 2.78. The normalized spacial score (nSPS) is 17.1. The molecular formula is C27H51NO4. The fourth-order valence-electron chi connectivity index (χ4n) is 4.32. The molecule has 1 heterocycles. The predicted molar refractivity (Wildman–Crippen MR) is 132 cm³/mol. The van der Waals surface area contributed by atoms with Crippen molar-refractivity contribution < 1.29 is 19.1 Å². The topological polar surface area (TPSA) is 55.8 Å². The molecule has 0 bridgehead atoms. The molecule has 1 saturated heterocycles. The van der Waals surface area contributed by atoms with Crippen molar-refractivity contribution in [3.8, 4) is 0 Å². The van der Waals surface area contributed by atoms with Gasteiger partial charge in [-0.05, 0) is 46.3 Å². The van der Waals surface area contributed by atoms with Gasteiger partial charge in [0.25, 0.3) is 0 Å². The monoisotopic (exact) mass is 453 g/mol. The molecule has 0 aliphatic carbocycles. The van der Waals surface area contributed by atoms with E-state index < -0.39 is 0 Å². The van der Waals surface area contributed by atoms with E-state index in [4.69, 9.17) is 9.47 Å². The molecule has 5 heteroatoms. The van der Waals surface area contributed by atoms with E-state index >= 15 is 0 Å². The number of unbranched alkanes of at least 4 members (excludes halogenated alkanes) is 11. The minimum Gasteiger partial charge on any atom is -0.462 e. The first kappa shape index (κ1) is 28.9. The van der Waals surface area contributed by atoms with Gasteiger partial charge in [0.2, 0.25) is 0 Å². The maximum atomic E-state index is 12.3. The van der Waals surface area contributed by atoms with Crippen LogP contribution in [0.25, 0.3) is 0 Å². The molecule has 0 spiro atoms. The SMILES string of the molecule is CCCCCCCCCCCCCCC(C)C(=O)OCC(C)OC(=O)C1CCN(C)CC1. The van der Waals surface area contributed by atoms with Crippen LogP contribution in [-0.4, -0.2) is 49.7 Å². The summed E-state index contributed by atoms with van der Waals surface area (Å²) in [5, 5.41) is 0. The Labute approximate surface area is 198 Å². The molecule has 0 saturated carbocycles. The van der Waals surface area contributed by atoms with Crippen molar-refractivity contribution >= 4 is 11.9 Å². The van der Waals surface area contributed by atoms with Crippen LogP contribution in [0.5, 0.6) is 0 Å². The Hall–Kier alpha value is -1.10. The van der Waals surface area contributed by atoms with Crippen LogP contribution in [0.4, 0.5) is 0 Å². The number of rotatable bonds is 18. The lowest BCUT2D eigenvalue weighted by atomic mass is 9.97. The number of hydrogen-bond donors (Lipinski definition) is 0. The zero-order valence-corrected chi connectivity index (χ0v) is 21.5. The fraction of sp³-hybridized carbons (Fsp3) is 0.926. The number of nitrogens with zero attached hydrogens (tertiary/aromatic N) is 1. The summed E-state index contributed by atoms with van der Waals surface area (Å²) in [7, 11) is 2.07. The molecule has 1 fully saturated rings. The summed E-state index contributed by atoms with van der Waals surface area (Å²) in [4.78, 5) is 26.7. The molecule has 5 nitrogen and oxygen atoms in total. The summed E-state index contributed by atoms with van der Waals surface area (Å²) in [6.45, 7) is 8.02. The summed E-state index contributed by atoms with van der Waals surface area (Å²) in [6, 6.07) is 0. The van der Waals surface area contributed by atoms with Gasteiger partial charge in [0, 0.05) is 0 Å². The fourth-order valence-corrected chi connectivity index (χ4v) is 4.32. The van der Waals surface area contributed by atoms with Gasteiger partial charge in [-0.2, -0.15) is 0 Å². The van der Waals surface area contributed by atoms with Gasteiger partial charge in [-0.15, -0.1) is 0 Å². The van der Waals surface area contributed by atoms with Crippen molar-refractivity contribution in [2.45, 2.75) is 123 Å². The van der Waals surface area contributed by atoms with Crippen LogP contribution < -0.4 is 0 Å². The van der Waals surface area contributed by atoms with Crippen LogP contribution in [0.15, 0.2) is 0 Å². The number of piperidine rings is 1. The van der Waals surface area contributed by atoms with Crippen molar-refractivity contribution in [3.63, 3.8) is 0 Å². The van der Waals surface area contributed by atoms with E-state index in [-0.39, 0.29) is 36.5 Å². The molecule has 0 N–H and O–H groups in total. The first-order valence-electron chi connectivity index (χ1n) is 13.5. The lowest BCUT2D eigenvalue weighted by Gasteiger charge is -2.28. The minimum absolute atomic E-state index is 0.0194. The van der Waals surface area contributed by atoms with Crippen molar-refractivity contribution in [1.82, 2.24) is 4.90 Å². The second-order valence-corrected chi connectivity index (χ2v) is 10.0. The molecule has 0 radical (unpaired) electrons. The molecule has 2 atom stereocenters. The zero-order chi connectivity index (χ0) is 23.6. The van der Waals surface area contributed by atoms with E-state index in [0.29, 0.717) is 0 Å². The maximum absolute atomic E-state index is 12.3. The van der Waals surface area contributed by atoms with Gasteiger partial charge in [-0.25, -0.2) is 0 Å². The molecule has 1 aliphatic rings. The van der Waals surface area contributed by atoms with Gasteiger partial charge in [0.15, 0.2) is 0 Å². The molecule has 32 heavy (non-hydrogen) atoms. The van der Waals surface area contributed by atoms with Crippen LogP contribution in [0.3, 0.4) is 0 Å². The Morgan fingerprint density at radius 1 is 0.844 bits per heavy atom. The summed E-state index contributed by atoms with van der Waals surface area (Å²) >= 11 is 0. The quantitative estimate of drug-likeness (QED) is 0.174. The summed E-state index contributed by atoms with van der Waals surface area (Å²) in [5.41, 5.74) is 0. The Balaban J connectivity index is 1.98. The zero-order valence-electron chi connectivity index (χ0n) is 21.5. The smallest absolute Gasteiger partial charge is 0.309 e. The summed E-state index contributed by atoms with van der Waals surface area (Å²) in [6.07, 6.45) is 18.0. The average molecular weight is 454 g/mol. The molecule has 0 aromatic carbocycles. The van der Waals surface area contributed by atoms with Crippen LogP contribution in [0.2, 0.25) is 0 Å². The number of carbonyl (C=O) groups excluding carboxylic acids is 2. The first-order chi connectivity index (χ1) is 15.4. The van der Waals surface area contributed by atoms with Crippen molar-refractivity contribution in [1.29, 1.82) is 0 Å². The van der Waals surface area contributed by atoms with E-state index in [9.17, 15) is 9.59 Å². The highest BCUT2D eigenvalue weighted by molar-refractivity contribution is 5.73. The van der Waals surface area contributed by atoms with E-state index in [1.807, 2.05) is 6.92 Å². The van der Waals surface area contributed by atoms with Gasteiger partial charge in [0.05, 0.1) is 11.8 Å². The number of likely N-dealkylation sites (tertiary alicyclic amines) is 1. The second kappa shape index (κ2) is 18.3. The Morgan fingerprint density at radius 3 is 1.88 bits per heavy atom. The van der Waals surface area contributed by atoms with Gasteiger partial charge in [0.1, 0.15) is 12.7 Å². The molecule has 0 amide bonds. The second-order valence-electron chi connectivity index (χ2n) is 10.0. The largest absolute Gasteiger partial charge is 0.462 e. The van der Waals surface area contributed by atoms with E-state index in [2.05, 4.69) is 18.9 Å². The van der Waals surface area contributed by atoms with Crippen molar-refractivity contribution in [2.24, 2.45) is 11.8 Å². The minimum atomic E-state index is -0.384. The van der Waals surface area contributed by atoms with Crippen LogP contribution >= 0.6 is 0 Å². The lowest BCUT2D eigenvalue weighted by Crippen LogP contribution is -2.36. The summed E-state index contributed by atoms with van der Waals surface area (Å²) in [5.74, 6) is -0.426. The van der Waals surface area contributed by atoms with Gasteiger partial charge in [-0.3, -0.25) is 9.59 Å². The number of carbonyl (C=O) groups is 2. The first-order valence-corrected chi connectivity index (χ1v) is 13.5. The third kappa shape index (κ3) is 14.1. The van der Waals surface area contributed by atoms with E-state index in [1.54, 1.807) is 6.92 Å². The Morgan fingerprint density at radius 2 is 1.34 bits per heavy atom. The standard InChI is InChI=1S/C27H51NO4/c1-5-6-7-8-9-10-11-12-13-14-15-16-17-23(2)26(29)31-22-24(3)32-27(30)25-18-20-28(4)21-19-25/h23-25H,5-22H2,1-4H3. The van der Waals surface area contributed by atoms with E-state index in [0.717, 1.165) is 38.8 Å². The number of ether oxygens (including phenoxy) is 2. The van der Waals surface area contributed by atoms with Crippen LogP contribution in [0, 0.1) is 11.8 Å². The van der Waals surface area contributed by atoms with Gasteiger partial charge < -0.3 is 14.4 Å². The molecular weight excluding hydrogens is 402 g/mol. The highest BCUT2D eigenvalue weighted by Crippen LogP contribution is 2.19. The Bertz CT molecular complexity index is 488. The molecule has 2 unspecified atom stereocenters. The molecule has 0 aromatic heterocycles. The number of hydrogen-bond acceptors (Lipinski definition) is 5. The summed E-state index contributed by atoms with van der Waals surface area (Å²) < 4.78 is 10.9. The van der Waals surface area contributed by atoms with E-state index in [1.165, 1.54) is 70.6 Å². The molecule has 0 aromatic rings. The van der Waals surface area contributed by atoms with Crippen LogP contribution in [0.1, 0.15) is 117 Å². The highest BCUT2D eigenvalue weighted by atomic mass is 16.6. The van der Waals surface area contributed by atoms with Crippen molar-refractivity contribution in [2.75, 3.05) is 26.7 Å².